The maximum Gasteiger partial charge on any atom is 0.432 e. The average molecular weight is 223 g/mol. The molecule has 0 fully saturated rings. The van der Waals surface area contributed by atoms with Gasteiger partial charge in [0.2, 0.25) is 0 Å². The van der Waals surface area contributed by atoms with Crippen LogP contribution < -0.4 is 5.73 Å². The van der Waals surface area contributed by atoms with Gasteiger partial charge in [0.1, 0.15) is 11.3 Å². The van der Waals surface area contributed by atoms with E-state index in [4.69, 9.17) is 10.5 Å². The summed E-state index contributed by atoms with van der Waals surface area (Å²) in [5, 5.41) is 5.46. The number of alkyl halides is 3. The number of halogens is 3. The summed E-state index contributed by atoms with van der Waals surface area (Å²) in [4.78, 5) is 0. The average Bonchev–Trinajstić information content (AvgIpc) is 2.65. The fraction of sp³-hybridized carbons (Fsp3) is 0.625. The molecule has 1 aromatic rings. The topological polar surface area (TPSA) is 63.9 Å². The highest BCUT2D eigenvalue weighted by Gasteiger charge is 2.36. The van der Waals surface area contributed by atoms with Crippen LogP contribution in [0.2, 0.25) is 0 Å². The van der Waals surface area contributed by atoms with Crippen molar-refractivity contribution in [3.8, 4) is 0 Å². The SMILES string of the molecule is COC(C)(CN)c1cc(C(F)(F)F)[nH]n1. The largest absolute Gasteiger partial charge is 0.432 e. The minimum Gasteiger partial charge on any atom is -0.371 e. The van der Waals surface area contributed by atoms with Crippen molar-refractivity contribution in [1.82, 2.24) is 10.2 Å². The first-order chi connectivity index (χ1) is 6.83. The lowest BCUT2D eigenvalue weighted by Gasteiger charge is -2.23. The molecule has 0 aliphatic heterocycles. The number of ether oxygens (including phenoxy) is 1. The van der Waals surface area contributed by atoms with Crippen LogP contribution in [0.3, 0.4) is 0 Å². The number of methoxy groups -OCH3 is 1. The quantitative estimate of drug-likeness (QED) is 0.810. The van der Waals surface area contributed by atoms with E-state index in [0.29, 0.717) is 0 Å². The Morgan fingerprint density at radius 2 is 2.13 bits per heavy atom. The number of aromatic nitrogens is 2. The Morgan fingerprint density at radius 3 is 2.47 bits per heavy atom. The zero-order valence-electron chi connectivity index (χ0n) is 8.35. The summed E-state index contributed by atoms with van der Waals surface area (Å²) in [6, 6.07) is 0.899. The molecule has 0 aromatic carbocycles. The molecule has 0 aliphatic rings. The molecule has 0 aliphatic carbocycles. The van der Waals surface area contributed by atoms with Crippen molar-refractivity contribution in [2.75, 3.05) is 13.7 Å². The predicted molar refractivity (Wildman–Crippen MR) is 47.0 cm³/mol. The van der Waals surface area contributed by atoms with Gasteiger partial charge < -0.3 is 10.5 Å². The molecule has 1 aromatic heterocycles. The third-order valence-electron chi connectivity index (χ3n) is 2.27. The van der Waals surface area contributed by atoms with Gasteiger partial charge in [-0.2, -0.15) is 18.3 Å². The number of H-pyrrole nitrogens is 1. The van der Waals surface area contributed by atoms with Gasteiger partial charge in [-0.15, -0.1) is 0 Å². The van der Waals surface area contributed by atoms with E-state index in [1.54, 1.807) is 6.92 Å². The van der Waals surface area contributed by atoms with Gasteiger partial charge in [0, 0.05) is 13.7 Å². The minimum atomic E-state index is -4.44. The highest BCUT2D eigenvalue weighted by Crippen LogP contribution is 2.30. The summed E-state index contributed by atoms with van der Waals surface area (Å²) in [6.07, 6.45) is -4.44. The minimum absolute atomic E-state index is 0.0473. The van der Waals surface area contributed by atoms with Crippen molar-refractivity contribution >= 4 is 0 Å². The summed E-state index contributed by atoms with van der Waals surface area (Å²) in [5.41, 5.74) is 3.64. The normalized spacial score (nSPS) is 16.4. The molecule has 86 valence electrons. The first-order valence-corrected chi connectivity index (χ1v) is 4.22. The molecular formula is C8H12F3N3O. The van der Waals surface area contributed by atoms with Crippen LogP contribution in [0.15, 0.2) is 6.07 Å². The Balaban J connectivity index is 3.03. The number of hydrogen-bond acceptors (Lipinski definition) is 3. The number of aromatic amines is 1. The first-order valence-electron chi connectivity index (χ1n) is 4.22. The smallest absolute Gasteiger partial charge is 0.371 e. The number of nitrogens with zero attached hydrogens (tertiary/aromatic N) is 1. The Morgan fingerprint density at radius 1 is 1.53 bits per heavy atom. The van der Waals surface area contributed by atoms with E-state index >= 15 is 0 Å². The van der Waals surface area contributed by atoms with Gasteiger partial charge in [-0.1, -0.05) is 0 Å². The summed E-state index contributed by atoms with van der Waals surface area (Å²) < 4.78 is 41.8. The van der Waals surface area contributed by atoms with Gasteiger partial charge in [0.05, 0.1) is 5.69 Å². The van der Waals surface area contributed by atoms with Crippen LogP contribution in [-0.4, -0.2) is 23.9 Å². The lowest BCUT2D eigenvalue weighted by Crippen LogP contribution is -2.34. The molecule has 0 amide bonds. The van der Waals surface area contributed by atoms with E-state index in [1.807, 2.05) is 5.10 Å². The molecular weight excluding hydrogens is 211 g/mol. The molecule has 0 bridgehead atoms. The molecule has 0 spiro atoms. The lowest BCUT2D eigenvalue weighted by atomic mass is 10.0. The van der Waals surface area contributed by atoms with Crippen LogP contribution in [0.1, 0.15) is 18.3 Å². The highest BCUT2D eigenvalue weighted by molar-refractivity contribution is 5.18. The van der Waals surface area contributed by atoms with Gasteiger partial charge >= 0.3 is 6.18 Å². The van der Waals surface area contributed by atoms with E-state index in [2.05, 4.69) is 5.10 Å². The fourth-order valence-electron chi connectivity index (χ4n) is 1.03. The standard InChI is InChI=1S/C8H12F3N3O/c1-7(4-12,15-2)5-3-6(14-13-5)8(9,10)11/h3H,4,12H2,1-2H3,(H,13,14). The van der Waals surface area contributed by atoms with Crippen LogP contribution in [0.5, 0.6) is 0 Å². The first kappa shape index (κ1) is 12.0. The fourth-order valence-corrected chi connectivity index (χ4v) is 1.03. The highest BCUT2D eigenvalue weighted by atomic mass is 19.4. The van der Waals surface area contributed by atoms with Crippen LogP contribution in [0.25, 0.3) is 0 Å². The van der Waals surface area contributed by atoms with Gasteiger partial charge in [0.15, 0.2) is 0 Å². The molecule has 7 heteroatoms. The zero-order valence-corrected chi connectivity index (χ0v) is 8.35. The predicted octanol–water partition coefficient (Wildman–Crippen LogP) is 1.25. The van der Waals surface area contributed by atoms with Gasteiger partial charge in [-0.05, 0) is 13.0 Å². The molecule has 0 saturated carbocycles. The monoisotopic (exact) mass is 223 g/mol. The van der Waals surface area contributed by atoms with Crippen LogP contribution in [-0.2, 0) is 16.5 Å². The van der Waals surface area contributed by atoms with Crippen molar-refractivity contribution < 1.29 is 17.9 Å². The summed E-state index contributed by atoms with van der Waals surface area (Å²) in [7, 11) is 1.37. The summed E-state index contributed by atoms with van der Waals surface area (Å²) in [5.74, 6) is 0. The molecule has 3 N–H and O–H groups in total. The van der Waals surface area contributed by atoms with Crippen molar-refractivity contribution in [1.29, 1.82) is 0 Å². The Hall–Kier alpha value is -1.08. The number of hydrogen-bond donors (Lipinski definition) is 2. The van der Waals surface area contributed by atoms with Gasteiger partial charge in [0.25, 0.3) is 0 Å². The van der Waals surface area contributed by atoms with Crippen molar-refractivity contribution in [3.63, 3.8) is 0 Å². The number of nitrogens with one attached hydrogen (secondary N) is 1. The van der Waals surface area contributed by atoms with Crippen LogP contribution >= 0.6 is 0 Å². The maximum absolute atomic E-state index is 12.3. The van der Waals surface area contributed by atoms with Crippen LogP contribution in [0.4, 0.5) is 13.2 Å². The Bertz CT molecular complexity index is 330. The van der Waals surface area contributed by atoms with E-state index < -0.39 is 17.5 Å². The molecule has 15 heavy (non-hydrogen) atoms. The molecule has 0 radical (unpaired) electrons. The van der Waals surface area contributed by atoms with Crippen molar-refractivity contribution in [2.45, 2.75) is 18.7 Å². The second kappa shape index (κ2) is 3.82. The van der Waals surface area contributed by atoms with E-state index in [1.165, 1.54) is 7.11 Å². The second-order valence-electron chi connectivity index (χ2n) is 3.30. The van der Waals surface area contributed by atoms with Crippen molar-refractivity contribution in [2.24, 2.45) is 5.73 Å². The lowest BCUT2D eigenvalue weighted by molar-refractivity contribution is -0.141. The maximum atomic E-state index is 12.3. The van der Waals surface area contributed by atoms with E-state index in [9.17, 15) is 13.2 Å². The van der Waals surface area contributed by atoms with Crippen LogP contribution in [0, 0.1) is 0 Å². The van der Waals surface area contributed by atoms with Gasteiger partial charge in [-0.3, -0.25) is 5.10 Å². The number of rotatable bonds is 3. The molecule has 1 atom stereocenters. The van der Waals surface area contributed by atoms with Crippen molar-refractivity contribution in [3.05, 3.63) is 17.5 Å². The molecule has 0 saturated heterocycles. The Labute approximate surface area is 84.6 Å². The number of nitrogens with two attached hydrogens (primary N) is 1. The van der Waals surface area contributed by atoms with E-state index in [-0.39, 0.29) is 12.2 Å². The van der Waals surface area contributed by atoms with Gasteiger partial charge in [-0.25, -0.2) is 0 Å². The molecule has 4 nitrogen and oxygen atoms in total. The Kier molecular flexibility index (Phi) is 3.05. The second-order valence-corrected chi connectivity index (χ2v) is 3.30. The zero-order chi connectivity index (χ0) is 11.7. The summed E-state index contributed by atoms with van der Waals surface area (Å²) in [6.45, 7) is 1.62. The van der Waals surface area contributed by atoms with E-state index in [0.717, 1.165) is 6.07 Å². The molecule has 1 unspecified atom stereocenters. The summed E-state index contributed by atoms with van der Waals surface area (Å²) >= 11 is 0. The third kappa shape index (κ3) is 2.29. The molecule has 1 rings (SSSR count). The molecule has 1 heterocycles. The third-order valence-corrected chi connectivity index (χ3v) is 2.27.